The van der Waals surface area contributed by atoms with E-state index in [2.05, 4.69) is 203 Å². The second kappa shape index (κ2) is 11.5. The van der Waals surface area contributed by atoms with Gasteiger partial charge in [-0.05, 0) is 70.3 Å². The summed E-state index contributed by atoms with van der Waals surface area (Å²) in [4.78, 5) is 0. The smallest absolute Gasteiger partial charge is 0.0549 e. The Morgan fingerprint density at radius 1 is 0.260 bits per heavy atom. The van der Waals surface area contributed by atoms with Crippen molar-refractivity contribution in [2.45, 2.75) is 0 Å². The van der Waals surface area contributed by atoms with Crippen molar-refractivity contribution in [2.75, 3.05) is 0 Å². The highest BCUT2D eigenvalue weighted by Crippen LogP contribution is 2.41. The molecule has 2 nitrogen and oxygen atoms in total. The molecule has 2 aromatic heterocycles. The van der Waals surface area contributed by atoms with E-state index in [-0.39, 0.29) is 0 Å². The largest absolute Gasteiger partial charge is 0.309 e. The van der Waals surface area contributed by atoms with Crippen LogP contribution in [0.5, 0.6) is 0 Å². The van der Waals surface area contributed by atoms with Gasteiger partial charge in [-0.25, -0.2) is 0 Å². The van der Waals surface area contributed by atoms with Gasteiger partial charge in [0.15, 0.2) is 0 Å². The van der Waals surface area contributed by atoms with Crippen molar-refractivity contribution in [3.63, 3.8) is 0 Å². The van der Waals surface area contributed by atoms with Gasteiger partial charge in [0.1, 0.15) is 0 Å². The molecule has 0 saturated heterocycles. The Bertz CT molecular complexity index is 2840. The normalized spacial score (nSPS) is 11.6. The molecule has 234 valence electrons. The fourth-order valence-corrected chi connectivity index (χ4v) is 7.81. The second-order valence-electron chi connectivity index (χ2n) is 13.0. The molecule has 10 aromatic rings. The number of benzene rings is 8. The van der Waals surface area contributed by atoms with Crippen molar-refractivity contribution in [1.29, 1.82) is 0 Å². The van der Waals surface area contributed by atoms with Crippen LogP contribution in [0, 0.1) is 0 Å². The Kier molecular flexibility index (Phi) is 6.53. The maximum absolute atomic E-state index is 2.46. The van der Waals surface area contributed by atoms with Crippen molar-refractivity contribution in [3.8, 4) is 44.8 Å². The van der Waals surface area contributed by atoms with Gasteiger partial charge < -0.3 is 9.13 Å². The molecule has 0 bridgehead atoms. The number of para-hydroxylation sites is 3. The molecule has 0 radical (unpaired) electrons. The molecular weight excluding hydrogens is 605 g/mol. The molecule has 0 unspecified atom stereocenters. The van der Waals surface area contributed by atoms with E-state index < -0.39 is 0 Å². The fourth-order valence-electron chi connectivity index (χ4n) is 7.81. The highest BCUT2D eigenvalue weighted by molar-refractivity contribution is 6.19. The molecule has 8 aromatic carbocycles. The molecule has 0 fully saturated rings. The topological polar surface area (TPSA) is 9.86 Å². The van der Waals surface area contributed by atoms with Crippen LogP contribution in [0.25, 0.3) is 88.4 Å². The quantitative estimate of drug-likeness (QED) is 0.178. The first-order valence-electron chi connectivity index (χ1n) is 17.2. The Labute approximate surface area is 290 Å². The Morgan fingerprint density at radius 3 is 1.42 bits per heavy atom. The summed E-state index contributed by atoms with van der Waals surface area (Å²) in [6, 6.07) is 70.4. The zero-order valence-electron chi connectivity index (χ0n) is 27.4. The van der Waals surface area contributed by atoms with Gasteiger partial charge in [0.2, 0.25) is 0 Å². The molecule has 0 N–H and O–H groups in total. The van der Waals surface area contributed by atoms with E-state index in [9.17, 15) is 0 Å². The van der Waals surface area contributed by atoms with Gasteiger partial charge in [0, 0.05) is 32.8 Å². The number of aromatic nitrogens is 2. The molecule has 2 heteroatoms. The lowest BCUT2D eigenvalue weighted by atomic mass is 9.99. The van der Waals surface area contributed by atoms with Crippen molar-refractivity contribution in [3.05, 3.63) is 194 Å². The summed E-state index contributed by atoms with van der Waals surface area (Å²) in [7, 11) is 0. The van der Waals surface area contributed by atoms with Gasteiger partial charge in [0.05, 0.1) is 27.8 Å². The summed E-state index contributed by atoms with van der Waals surface area (Å²) in [5.41, 5.74) is 14.4. The highest BCUT2D eigenvalue weighted by Gasteiger charge is 2.20. The SMILES string of the molecule is c1ccc(-c2ccc(-c3ccccc3-n3c4ccccc4c4cc5c(cc43)c3ccccc3n5-c3cccc(-c4ccccc4)c3)cc2)cc1. The minimum Gasteiger partial charge on any atom is -0.309 e. The average Bonchev–Trinajstić information content (AvgIpc) is 3.70. The van der Waals surface area contributed by atoms with Crippen LogP contribution in [0.15, 0.2) is 194 Å². The van der Waals surface area contributed by atoms with Crippen LogP contribution >= 0.6 is 0 Å². The number of nitrogens with zero attached hydrogens (tertiary/aromatic N) is 2. The van der Waals surface area contributed by atoms with Crippen LogP contribution < -0.4 is 0 Å². The van der Waals surface area contributed by atoms with E-state index in [0.717, 1.165) is 5.69 Å². The standard InChI is InChI=1S/C48H32N2/c1-3-14-33(15-4-1)35-26-28-36(29-27-35)39-20-7-10-23-44(39)50-46-25-12-9-22-41(46)43-31-47-42(32-48(43)50)40-21-8-11-24-45(40)49(47)38-19-13-18-37(30-38)34-16-5-2-6-17-34/h1-32H. The third kappa shape index (κ3) is 4.50. The third-order valence-corrected chi connectivity index (χ3v) is 10.1. The summed E-state index contributed by atoms with van der Waals surface area (Å²) >= 11 is 0. The van der Waals surface area contributed by atoms with Gasteiger partial charge in [-0.1, -0.05) is 152 Å². The van der Waals surface area contributed by atoms with Crippen LogP contribution in [0.1, 0.15) is 0 Å². The Morgan fingerprint density at radius 2 is 0.740 bits per heavy atom. The van der Waals surface area contributed by atoms with Crippen molar-refractivity contribution in [2.24, 2.45) is 0 Å². The monoisotopic (exact) mass is 636 g/mol. The first kappa shape index (κ1) is 28.4. The van der Waals surface area contributed by atoms with Crippen molar-refractivity contribution < 1.29 is 0 Å². The molecule has 0 atom stereocenters. The number of hydrogen-bond acceptors (Lipinski definition) is 0. The molecule has 0 amide bonds. The molecular formula is C48H32N2. The van der Waals surface area contributed by atoms with E-state index in [1.54, 1.807) is 0 Å². The van der Waals surface area contributed by atoms with E-state index in [0.29, 0.717) is 0 Å². The lowest BCUT2D eigenvalue weighted by molar-refractivity contribution is 1.18. The minimum absolute atomic E-state index is 1.16. The lowest BCUT2D eigenvalue weighted by Crippen LogP contribution is -1.97. The molecule has 0 aliphatic rings. The summed E-state index contributed by atoms with van der Waals surface area (Å²) in [5, 5.41) is 4.97. The van der Waals surface area contributed by atoms with E-state index >= 15 is 0 Å². The summed E-state index contributed by atoms with van der Waals surface area (Å²) < 4.78 is 4.90. The molecule has 10 rings (SSSR count). The summed E-state index contributed by atoms with van der Waals surface area (Å²) in [6.07, 6.45) is 0. The summed E-state index contributed by atoms with van der Waals surface area (Å²) in [5.74, 6) is 0. The predicted molar refractivity (Wildman–Crippen MR) is 211 cm³/mol. The summed E-state index contributed by atoms with van der Waals surface area (Å²) in [6.45, 7) is 0. The zero-order chi connectivity index (χ0) is 33.0. The molecule has 0 aliphatic carbocycles. The average molecular weight is 637 g/mol. The number of fused-ring (bicyclic) bond motifs is 6. The molecule has 50 heavy (non-hydrogen) atoms. The minimum atomic E-state index is 1.16. The van der Waals surface area contributed by atoms with Crippen LogP contribution in [0.3, 0.4) is 0 Å². The highest BCUT2D eigenvalue weighted by atomic mass is 15.0. The third-order valence-electron chi connectivity index (χ3n) is 10.1. The van der Waals surface area contributed by atoms with Crippen LogP contribution in [-0.4, -0.2) is 9.13 Å². The van der Waals surface area contributed by atoms with Crippen LogP contribution in [-0.2, 0) is 0 Å². The van der Waals surface area contributed by atoms with Gasteiger partial charge in [-0.3, -0.25) is 0 Å². The molecule has 0 saturated carbocycles. The lowest BCUT2D eigenvalue weighted by Gasteiger charge is -2.15. The molecule has 0 spiro atoms. The second-order valence-corrected chi connectivity index (χ2v) is 13.0. The van der Waals surface area contributed by atoms with E-state index in [1.807, 2.05) is 0 Å². The van der Waals surface area contributed by atoms with Gasteiger partial charge in [-0.15, -0.1) is 0 Å². The van der Waals surface area contributed by atoms with Crippen LogP contribution in [0.2, 0.25) is 0 Å². The first-order chi connectivity index (χ1) is 24.8. The Balaban J connectivity index is 1.21. The zero-order valence-corrected chi connectivity index (χ0v) is 27.4. The van der Waals surface area contributed by atoms with E-state index in [1.165, 1.54) is 82.7 Å². The fraction of sp³-hybridized carbons (Fsp3) is 0. The maximum Gasteiger partial charge on any atom is 0.0549 e. The number of hydrogen-bond donors (Lipinski definition) is 0. The van der Waals surface area contributed by atoms with Crippen molar-refractivity contribution in [1.82, 2.24) is 9.13 Å². The number of rotatable bonds is 5. The molecule has 0 aliphatic heterocycles. The van der Waals surface area contributed by atoms with Crippen LogP contribution in [0.4, 0.5) is 0 Å². The maximum atomic E-state index is 2.46. The van der Waals surface area contributed by atoms with E-state index in [4.69, 9.17) is 0 Å². The van der Waals surface area contributed by atoms with Gasteiger partial charge in [-0.2, -0.15) is 0 Å². The first-order valence-corrected chi connectivity index (χ1v) is 17.2. The van der Waals surface area contributed by atoms with Gasteiger partial charge in [0.25, 0.3) is 0 Å². The van der Waals surface area contributed by atoms with Crippen molar-refractivity contribution >= 4 is 43.6 Å². The Hall–Kier alpha value is -6.64. The predicted octanol–water partition coefficient (Wildman–Crippen LogP) is 12.9. The van der Waals surface area contributed by atoms with Gasteiger partial charge >= 0.3 is 0 Å². The molecule has 2 heterocycles.